The lowest BCUT2D eigenvalue weighted by molar-refractivity contribution is -0.156. The molecule has 0 amide bonds. The molecule has 0 atom stereocenters. The standard InChI is InChI=1S/C12H16O3/c1-3-12(4-2,11(13)14)15-10-8-6-5-7-9-10/h5-9H,3-4H2,1-2H3,(H,13,14). The number of para-hydroxylation sites is 1. The Balaban J connectivity index is 2.89. The summed E-state index contributed by atoms with van der Waals surface area (Å²) in [6.45, 7) is 3.64. The van der Waals surface area contributed by atoms with Crippen LogP contribution in [-0.4, -0.2) is 16.7 Å². The summed E-state index contributed by atoms with van der Waals surface area (Å²) in [5, 5.41) is 9.16. The van der Waals surface area contributed by atoms with Crippen molar-refractivity contribution in [1.29, 1.82) is 0 Å². The van der Waals surface area contributed by atoms with E-state index in [1.165, 1.54) is 0 Å². The Morgan fingerprint density at radius 1 is 1.27 bits per heavy atom. The van der Waals surface area contributed by atoms with Gasteiger partial charge in [-0.1, -0.05) is 32.0 Å². The molecule has 0 bridgehead atoms. The molecule has 1 aromatic carbocycles. The van der Waals surface area contributed by atoms with Crippen LogP contribution in [0.15, 0.2) is 30.3 Å². The molecule has 0 aromatic heterocycles. The van der Waals surface area contributed by atoms with Gasteiger partial charge in [0.2, 0.25) is 5.60 Å². The summed E-state index contributed by atoms with van der Waals surface area (Å²) >= 11 is 0. The van der Waals surface area contributed by atoms with Crippen molar-refractivity contribution in [2.75, 3.05) is 0 Å². The van der Waals surface area contributed by atoms with Gasteiger partial charge in [0.05, 0.1) is 0 Å². The summed E-state index contributed by atoms with van der Waals surface area (Å²) in [7, 11) is 0. The van der Waals surface area contributed by atoms with Crippen LogP contribution in [0.2, 0.25) is 0 Å². The largest absolute Gasteiger partial charge is 0.478 e. The molecule has 0 saturated heterocycles. The third kappa shape index (κ3) is 2.49. The van der Waals surface area contributed by atoms with Crippen molar-refractivity contribution in [3.8, 4) is 5.75 Å². The second kappa shape index (κ2) is 4.82. The number of carboxylic acids is 1. The topological polar surface area (TPSA) is 46.5 Å². The Hall–Kier alpha value is -1.51. The van der Waals surface area contributed by atoms with Gasteiger partial charge in [0, 0.05) is 0 Å². The monoisotopic (exact) mass is 208 g/mol. The first-order chi connectivity index (χ1) is 7.14. The Bertz CT molecular complexity index is 315. The van der Waals surface area contributed by atoms with Gasteiger partial charge in [0.25, 0.3) is 0 Å². The van der Waals surface area contributed by atoms with E-state index >= 15 is 0 Å². The van der Waals surface area contributed by atoms with Gasteiger partial charge >= 0.3 is 5.97 Å². The van der Waals surface area contributed by atoms with Gasteiger partial charge in [-0.15, -0.1) is 0 Å². The first kappa shape index (κ1) is 11.6. The molecule has 0 spiro atoms. The number of benzene rings is 1. The molecule has 1 rings (SSSR count). The average Bonchev–Trinajstić information content (AvgIpc) is 2.27. The maximum absolute atomic E-state index is 11.2. The molecule has 0 heterocycles. The van der Waals surface area contributed by atoms with Gasteiger partial charge in [0.15, 0.2) is 0 Å². The number of carboxylic acid groups (broad SMARTS) is 1. The lowest BCUT2D eigenvalue weighted by Gasteiger charge is -2.27. The van der Waals surface area contributed by atoms with Gasteiger partial charge in [-0.3, -0.25) is 0 Å². The first-order valence-corrected chi connectivity index (χ1v) is 5.12. The fraction of sp³-hybridized carbons (Fsp3) is 0.417. The molecule has 0 unspecified atom stereocenters. The molecular weight excluding hydrogens is 192 g/mol. The molecule has 0 aliphatic heterocycles. The van der Waals surface area contributed by atoms with Crippen LogP contribution in [0.4, 0.5) is 0 Å². The van der Waals surface area contributed by atoms with E-state index in [4.69, 9.17) is 9.84 Å². The van der Waals surface area contributed by atoms with Gasteiger partial charge in [-0.2, -0.15) is 0 Å². The maximum Gasteiger partial charge on any atom is 0.348 e. The van der Waals surface area contributed by atoms with Crippen molar-refractivity contribution < 1.29 is 14.6 Å². The van der Waals surface area contributed by atoms with Crippen molar-refractivity contribution >= 4 is 5.97 Å². The predicted octanol–water partition coefficient (Wildman–Crippen LogP) is 2.71. The van der Waals surface area contributed by atoms with Crippen molar-refractivity contribution in [2.24, 2.45) is 0 Å². The molecular formula is C12H16O3. The third-order valence-corrected chi connectivity index (χ3v) is 2.59. The summed E-state index contributed by atoms with van der Waals surface area (Å²) in [4.78, 5) is 11.2. The van der Waals surface area contributed by atoms with E-state index in [-0.39, 0.29) is 0 Å². The fourth-order valence-corrected chi connectivity index (χ4v) is 1.45. The van der Waals surface area contributed by atoms with E-state index < -0.39 is 11.6 Å². The lowest BCUT2D eigenvalue weighted by atomic mass is 9.97. The predicted molar refractivity (Wildman–Crippen MR) is 58.0 cm³/mol. The fourth-order valence-electron chi connectivity index (χ4n) is 1.45. The quantitative estimate of drug-likeness (QED) is 0.809. The minimum absolute atomic E-state index is 0.452. The molecule has 0 aliphatic carbocycles. The maximum atomic E-state index is 11.2. The Kier molecular flexibility index (Phi) is 3.72. The van der Waals surface area contributed by atoms with Crippen LogP contribution in [0.3, 0.4) is 0 Å². The lowest BCUT2D eigenvalue weighted by Crippen LogP contribution is -2.43. The van der Waals surface area contributed by atoms with Gasteiger partial charge in [-0.05, 0) is 25.0 Å². The second-order valence-corrected chi connectivity index (χ2v) is 3.42. The van der Waals surface area contributed by atoms with Crippen LogP contribution >= 0.6 is 0 Å². The molecule has 1 N–H and O–H groups in total. The summed E-state index contributed by atoms with van der Waals surface area (Å²) in [5.74, 6) is -0.306. The van der Waals surface area contributed by atoms with Crippen LogP contribution < -0.4 is 4.74 Å². The van der Waals surface area contributed by atoms with Crippen molar-refractivity contribution in [3.63, 3.8) is 0 Å². The highest BCUT2D eigenvalue weighted by Gasteiger charge is 2.37. The molecule has 0 saturated carbocycles. The van der Waals surface area contributed by atoms with E-state index in [1.54, 1.807) is 12.1 Å². The number of hydrogen-bond donors (Lipinski definition) is 1. The van der Waals surface area contributed by atoms with E-state index in [0.29, 0.717) is 18.6 Å². The molecule has 1 aromatic rings. The summed E-state index contributed by atoms with van der Waals surface area (Å²) in [6.07, 6.45) is 0.904. The van der Waals surface area contributed by atoms with Crippen molar-refractivity contribution in [1.82, 2.24) is 0 Å². The van der Waals surface area contributed by atoms with Gasteiger partial charge in [0.1, 0.15) is 5.75 Å². The summed E-state index contributed by atoms with van der Waals surface area (Å²) < 4.78 is 5.56. The molecule has 82 valence electrons. The normalized spacial score (nSPS) is 11.1. The van der Waals surface area contributed by atoms with E-state index in [2.05, 4.69) is 0 Å². The van der Waals surface area contributed by atoms with Gasteiger partial charge in [-0.25, -0.2) is 4.79 Å². The molecule has 0 radical (unpaired) electrons. The highest BCUT2D eigenvalue weighted by molar-refractivity contribution is 5.77. The SMILES string of the molecule is CCC(CC)(Oc1ccccc1)C(=O)O. The Morgan fingerprint density at radius 2 is 1.80 bits per heavy atom. The number of aliphatic carboxylic acids is 1. The molecule has 3 heteroatoms. The van der Waals surface area contributed by atoms with E-state index in [9.17, 15) is 4.79 Å². The van der Waals surface area contributed by atoms with Crippen molar-refractivity contribution in [3.05, 3.63) is 30.3 Å². The summed E-state index contributed by atoms with van der Waals surface area (Å²) in [5.41, 5.74) is -1.10. The minimum atomic E-state index is -1.10. The first-order valence-electron chi connectivity index (χ1n) is 5.12. The molecule has 0 aliphatic rings. The summed E-state index contributed by atoms with van der Waals surface area (Å²) in [6, 6.07) is 9.06. The highest BCUT2D eigenvalue weighted by Crippen LogP contribution is 2.24. The number of rotatable bonds is 5. The van der Waals surface area contributed by atoms with Crippen LogP contribution in [0.1, 0.15) is 26.7 Å². The van der Waals surface area contributed by atoms with Crippen LogP contribution in [0, 0.1) is 0 Å². The van der Waals surface area contributed by atoms with E-state index in [0.717, 1.165) is 0 Å². The Morgan fingerprint density at radius 3 is 2.20 bits per heavy atom. The smallest absolute Gasteiger partial charge is 0.348 e. The molecule has 3 nitrogen and oxygen atoms in total. The van der Waals surface area contributed by atoms with Crippen LogP contribution in [0.5, 0.6) is 5.75 Å². The third-order valence-electron chi connectivity index (χ3n) is 2.59. The second-order valence-electron chi connectivity index (χ2n) is 3.42. The molecule has 15 heavy (non-hydrogen) atoms. The zero-order chi connectivity index (χ0) is 11.3. The Labute approximate surface area is 89.7 Å². The number of ether oxygens (including phenoxy) is 1. The zero-order valence-corrected chi connectivity index (χ0v) is 9.06. The van der Waals surface area contributed by atoms with Crippen LogP contribution in [0.25, 0.3) is 0 Å². The van der Waals surface area contributed by atoms with E-state index in [1.807, 2.05) is 32.0 Å². The van der Waals surface area contributed by atoms with Crippen molar-refractivity contribution in [2.45, 2.75) is 32.3 Å². The number of carbonyl (C=O) groups is 1. The minimum Gasteiger partial charge on any atom is -0.478 e. The molecule has 0 fully saturated rings. The average molecular weight is 208 g/mol. The highest BCUT2D eigenvalue weighted by atomic mass is 16.5. The van der Waals surface area contributed by atoms with Gasteiger partial charge < -0.3 is 9.84 Å². The number of hydrogen-bond acceptors (Lipinski definition) is 2. The van der Waals surface area contributed by atoms with Crippen LogP contribution in [-0.2, 0) is 4.79 Å². The zero-order valence-electron chi connectivity index (χ0n) is 9.06.